The van der Waals surface area contributed by atoms with E-state index in [1.807, 2.05) is 0 Å². The van der Waals surface area contributed by atoms with Crippen molar-refractivity contribution in [3.05, 3.63) is 35.4 Å². The fourth-order valence-electron chi connectivity index (χ4n) is 4.39. The highest BCUT2D eigenvalue weighted by Gasteiger charge is 2.15. The molecule has 1 N–H and O–H groups in total. The number of hydrogen-bond acceptors (Lipinski definition) is 5. The molecule has 0 amide bonds. The van der Waals surface area contributed by atoms with E-state index in [2.05, 4.69) is 46.3 Å². The molecule has 150 valence electrons. The Morgan fingerprint density at radius 2 is 1.89 bits per heavy atom. The summed E-state index contributed by atoms with van der Waals surface area (Å²) in [5.74, 6) is 1.14. The topological polar surface area (TPSA) is 31.4 Å². The molecular formula is C23H32N4S. The Morgan fingerprint density at radius 3 is 2.68 bits per heavy atom. The lowest BCUT2D eigenvalue weighted by Crippen LogP contribution is -2.43. The molecule has 2 aliphatic heterocycles. The predicted octanol–water partition coefficient (Wildman–Crippen LogP) is 3.74. The van der Waals surface area contributed by atoms with Gasteiger partial charge in [-0.3, -0.25) is 0 Å². The quantitative estimate of drug-likeness (QED) is 0.721. The second-order valence-corrected chi connectivity index (χ2v) is 8.83. The van der Waals surface area contributed by atoms with Crippen molar-refractivity contribution in [2.75, 3.05) is 50.7 Å². The van der Waals surface area contributed by atoms with Crippen LogP contribution in [0.1, 0.15) is 36.8 Å². The number of aryl methyl sites for hydroxylation is 1. The van der Waals surface area contributed by atoms with Gasteiger partial charge in [0, 0.05) is 51.1 Å². The molecule has 0 spiro atoms. The van der Waals surface area contributed by atoms with Crippen LogP contribution in [0, 0.1) is 6.92 Å². The summed E-state index contributed by atoms with van der Waals surface area (Å²) in [6, 6.07) is 8.95. The number of thiocarbonyl (C=S) groups is 1. The van der Waals surface area contributed by atoms with Gasteiger partial charge in [0.05, 0.1) is 5.52 Å². The van der Waals surface area contributed by atoms with Crippen LogP contribution in [0.4, 0.5) is 5.82 Å². The van der Waals surface area contributed by atoms with Crippen LogP contribution in [-0.4, -0.2) is 60.6 Å². The molecule has 2 aliphatic rings. The van der Waals surface area contributed by atoms with Crippen molar-refractivity contribution in [1.29, 1.82) is 0 Å². The Balaban J connectivity index is 1.36. The molecule has 2 fully saturated rings. The van der Waals surface area contributed by atoms with E-state index in [0.717, 1.165) is 50.4 Å². The van der Waals surface area contributed by atoms with Gasteiger partial charge in [0.2, 0.25) is 0 Å². The predicted molar refractivity (Wildman–Crippen MR) is 123 cm³/mol. The number of piperazine rings is 1. The largest absolute Gasteiger partial charge is 0.357 e. The minimum Gasteiger partial charge on any atom is -0.357 e. The van der Waals surface area contributed by atoms with Crippen molar-refractivity contribution in [2.24, 2.45) is 0 Å². The van der Waals surface area contributed by atoms with Gasteiger partial charge < -0.3 is 15.1 Å². The molecule has 0 saturated carbocycles. The van der Waals surface area contributed by atoms with Gasteiger partial charge in [-0.05, 0) is 73.3 Å². The zero-order valence-electron chi connectivity index (χ0n) is 17.0. The molecule has 1 aromatic heterocycles. The molecular weight excluding hydrogens is 364 g/mol. The summed E-state index contributed by atoms with van der Waals surface area (Å²) in [4.78, 5) is 11.1. The molecule has 0 unspecified atom stereocenters. The van der Waals surface area contributed by atoms with Crippen LogP contribution in [0.5, 0.6) is 0 Å². The lowest BCUT2D eigenvalue weighted by molar-refractivity contribution is 0.240. The lowest BCUT2D eigenvalue weighted by Gasteiger charge is -2.27. The summed E-state index contributed by atoms with van der Waals surface area (Å²) in [5.41, 5.74) is 3.74. The average molecular weight is 397 g/mol. The van der Waals surface area contributed by atoms with Gasteiger partial charge in [0.1, 0.15) is 5.82 Å². The van der Waals surface area contributed by atoms with E-state index in [9.17, 15) is 0 Å². The number of pyridine rings is 1. The minimum absolute atomic E-state index is 0.903. The monoisotopic (exact) mass is 396 g/mol. The Morgan fingerprint density at radius 1 is 1.11 bits per heavy atom. The number of fused-ring (bicyclic) bond motifs is 1. The number of hydrogen-bond donors (Lipinski definition) is 1. The maximum absolute atomic E-state index is 5.70. The summed E-state index contributed by atoms with van der Waals surface area (Å²) < 4.78 is 0. The molecule has 28 heavy (non-hydrogen) atoms. The first-order valence-corrected chi connectivity index (χ1v) is 11.2. The first-order valence-electron chi connectivity index (χ1n) is 10.8. The summed E-state index contributed by atoms with van der Waals surface area (Å²) >= 11 is 5.70. The number of anilines is 1. The number of nitrogens with zero attached hydrogens (tertiary/aromatic N) is 3. The van der Waals surface area contributed by atoms with Crippen LogP contribution in [0.3, 0.4) is 0 Å². The van der Waals surface area contributed by atoms with Gasteiger partial charge in [0.15, 0.2) is 0 Å². The van der Waals surface area contributed by atoms with E-state index in [0.29, 0.717) is 0 Å². The SMILES string of the molecule is Cc1cc(N2CCCC2)nc2ccc(CC(=S)CCCN3CCNCC3)cc12. The van der Waals surface area contributed by atoms with Crippen molar-refractivity contribution in [3.63, 3.8) is 0 Å². The fraction of sp³-hybridized carbons (Fsp3) is 0.565. The minimum atomic E-state index is 0.903. The van der Waals surface area contributed by atoms with Crippen molar-refractivity contribution in [1.82, 2.24) is 15.2 Å². The molecule has 4 nitrogen and oxygen atoms in total. The van der Waals surface area contributed by atoms with Crippen LogP contribution in [0.2, 0.25) is 0 Å². The van der Waals surface area contributed by atoms with Gasteiger partial charge in [-0.1, -0.05) is 18.3 Å². The molecule has 5 heteroatoms. The van der Waals surface area contributed by atoms with Crippen LogP contribution < -0.4 is 10.2 Å². The third kappa shape index (κ3) is 4.88. The molecule has 3 heterocycles. The number of aromatic nitrogens is 1. The van der Waals surface area contributed by atoms with Crippen LogP contribution in [0.25, 0.3) is 10.9 Å². The third-order valence-electron chi connectivity index (χ3n) is 6.04. The van der Waals surface area contributed by atoms with Gasteiger partial charge in [-0.2, -0.15) is 0 Å². The fourth-order valence-corrected chi connectivity index (χ4v) is 4.70. The Labute approximate surface area is 174 Å². The van der Waals surface area contributed by atoms with E-state index >= 15 is 0 Å². The highest BCUT2D eigenvalue weighted by molar-refractivity contribution is 7.80. The Kier molecular flexibility index (Phi) is 6.55. The molecule has 0 bridgehead atoms. The molecule has 4 rings (SSSR count). The van der Waals surface area contributed by atoms with Crippen molar-refractivity contribution in [2.45, 2.75) is 39.0 Å². The van der Waals surface area contributed by atoms with E-state index in [1.165, 1.54) is 60.3 Å². The van der Waals surface area contributed by atoms with Crippen LogP contribution in [0.15, 0.2) is 24.3 Å². The van der Waals surface area contributed by atoms with Crippen molar-refractivity contribution in [3.8, 4) is 0 Å². The number of rotatable bonds is 7. The van der Waals surface area contributed by atoms with Crippen LogP contribution >= 0.6 is 12.2 Å². The zero-order valence-corrected chi connectivity index (χ0v) is 17.9. The van der Waals surface area contributed by atoms with E-state index < -0.39 is 0 Å². The summed E-state index contributed by atoms with van der Waals surface area (Å²) in [6.07, 6.45) is 5.68. The normalized spacial score (nSPS) is 18.1. The third-order valence-corrected chi connectivity index (χ3v) is 6.39. The van der Waals surface area contributed by atoms with Crippen molar-refractivity contribution >= 4 is 33.8 Å². The average Bonchev–Trinajstić information content (AvgIpc) is 3.24. The van der Waals surface area contributed by atoms with Gasteiger partial charge in [-0.25, -0.2) is 4.98 Å². The second-order valence-electron chi connectivity index (χ2n) is 8.25. The molecule has 0 aliphatic carbocycles. The first kappa shape index (κ1) is 19.7. The number of benzene rings is 1. The first-order chi connectivity index (χ1) is 13.7. The second kappa shape index (κ2) is 9.29. The molecule has 2 aromatic rings. The lowest BCUT2D eigenvalue weighted by atomic mass is 10.0. The highest BCUT2D eigenvalue weighted by atomic mass is 32.1. The van der Waals surface area contributed by atoms with Crippen molar-refractivity contribution < 1.29 is 0 Å². The van der Waals surface area contributed by atoms with Crippen LogP contribution in [-0.2, 0) is 6.42 Å². The van der Waals surface area contributed by atoms with E-state index in [-0.39, 0.29) is 0 Å². The summed E-state index contributed by atoms with van der Waals surface area (Å²) in [6.45, 7) is 10.2. The smallest absolute Gasteiger partial charge is 0.129 e. The van der Waals surface area contributed by atoms with Gasteiger partial charge >= 0.3 is 0 Å². The highest BCUT2D eigenvalue weighted by Crippen LogP contribution is 2.26. The molecule has 2 saturated heterocycles. The standard InChI is InChI=1S/C23H32N4S/c1-18-15-23(27-11-2-3-12-27)25-22-7-6-19(17-21(18)22)16-20(28)5-4-10-26-13-8-24-9-14-26/h6-7,15,17,24H,2-5,8-14,16H2,1H3. The maximum atomic E-state index is 5.70. The molecule has 0 atom stereocenters. The summed E-state index contributed by atoms with van der Waals surface area (Å²) in [7, 11) is 0. The van der Waals surface area contributed by atoms with Gasteiger partial charge in [-0.15, -0.1) is 0 Å². The van der Waals surface area contributed by atoms with E-state index in [1.54, 1.807) is 0 Å². The van der Waals surface area contributed by atoms with E-state index in [4.69, 9.17) is 17.2 Å². The summed E-state index contributed by atoms with van der Waals surface area (Å²) in [5, 5.41) is 4.68. The number of nitrogens with one attached hydrogen (secondary N) is 1. The Hall–Kier alpha value is -1.56. The molecule has 1 aromatic carbocycles. The maximum Gasteiger partial charge on any atom is 0.129 e. The molecule has 0 radical (unpaired) electrons. The zero-order chi connectivity index (χ0) is 19.3. The van der Waals surface area contributed by atoms with Gasteiger partial charge in [0.25, 0.3) is 0 Å². The Bertz CT molecular complexity index is 823.